The van der Waals surface area contributed by atoms with Gasteiger partial charge in [-0.25, -0.2) is 9.97 Å². The Bertz CT molecular complexity index is 1800. The molecule has 4 aliphatic heterocycles. The molecular weight excluding hydrogens is 634 g/mol. The van der Waals surface area contributed by atoms with Crippen molar-refractivity contribution in [3.8, 4) is 23.1 Å². The fraction of sp³-hybridized carbons (Fsp3) is 0.513. The number of allylic oxidation sites excluding steroid dienone is 3. The highest BCUT2D eigenvalue weighted by Crippen LogP contribution is 2.45. The highest BCUT2D eigenvalue weighted by molar-refractivity contribution is 5.89. The number of carbonyl (C=O) groups is 1. The van der Waals surface area contributed by atoms with Gasteiger partial charge in [0.15, 0.2) is 11.5 Å². The van der Waals surface area contributed by atoms with Crippen LogP contribution in [0.3, 0.4) is 0 Å². The van der Waals surface area contributed by atoms with E-state index in [0.717, 1.165) is 100.0 Å². The van der Waals surface area contributed by atoms with Gasteiger partial charge in [-0.05, 0) is 76.9 Å². The molecule has 11 heteroatoms. The monoisotopic (exact) mass is 685 g/mol. The molecule has 1 aromatic heterocycles. The van der Waals surface area contributed by atoms with E-state index >= 15 is 0 Å². The maximum absolute atomic E-state index is 14.3. The molecule has 2 amide bonds. The van der Waals surface area contributed by atoms with Crippen molar-refractivity contribution in [3.63, 3.8) is 0 Å². The van der Waals surface area contributed by atoms with Gasteiger partial charge in [-0.1, -0.05) is 6.92 Å². The molecule has 5 heterocycles. The normalized spacial score (nSPS) is 20.7. The quantitative estimate of drug-likeness (QED) is 0.0638. The first kappa shape index (κ1) is 34.4. The Hall–Kier alpha value is -4.03. The van der Waals surface area contributed by atoms with Crippen molar-refractivity contribution in [3.05, 3.63) is 65.8 Å². The zero-order valence-electron chi connectivity index (χ0n) is 30.2. The average molecular weight is 686 g/mol. The standard InChI is InChI=1S/C39H51N5O6/c1-6-8-30(22-29(3)46-4)43(16-17-43)38(45)44(18-19-44)34-10-9-31(21-28(34)2)50-37-32-23-35(47-5)36(24-33(32)40-27-41-37)49-20-7-13-42-14-11-39(12-15-42)25-48-26-39/h8-10,21-24,27H,6-7,11-20,25-26H2,1-5H3/q+2. The summed E-state index contributed by atoms with van der Waals surface area (Å²) in [5.74, 6) is 3.15. The summed E-state index contributed by atoms with van der Waals surface area (Å²) in [6.07, 6.45) is 9.93. The number of nitrogens with zero attached hydrogens (tertiary/aromatic N) is 5. The van der Waals surface area contributed by atoms with Crippen LogP contribution in [0.5, 0.6) is 23.1 Å². The van der Waals surface area contributed by atoms with E-state index in [-0.39, 0.29) is 6.03 Å². The maximum atomic E-state index is 14.3. The number of quaternary nitrogens is 2. The van der Waals surface area contributed by atoms with Gasteiger partial charge in [-0.2, -0.15) is 13.8 Å². The Balaban J connectivity index is 1.03. The number of likely N-dealkylation sites (tertiary alicyclic amines) is 1. The van der Waals surface area contributed by atoms with Gasteiger partial charge in [0.2, 0.25) is 5.88 Å². The van der Waals surface area contributed by atoms with Crippen molar-refractivity contribution >= 4 is 22.6 Å². The van der Waals surface area contributed by atoms with Gasteiger partial charge in [0.1, 0.15) is 49.6 Å². The number of piperidine rings is 1. The van der Waals surface area contributed by atoms with Gasteiger partial charge >= 0.3 is 6.03 Å². The van der Waals surface area contributed by atoms with E-state index in [1.165, 1.54) is 19.2 Å². The molecule has 0 aliphatic carbocycles. The number of fused-ring (bicyclic) bond motifs is 1. The van der Waals surface area contributed by atoms with Crippen LogP contribution in [-0.4, -0.2) is 105 Å². The molecule has 4 saturated heterocycles. The van der Waals surface area contributed by atoms with Crippen LogP contribution >= 0.6 is 0 Å². The number of rotatable bonds is 13. The largest absolute Gasteiger partial charge is 0.525 e. The topological polar surface area (TPSA) is 92.2 Å². The van der Waals surface area contributed by atoms with Crippen molar-refractivity contribution < 1.29 is 33.0 Å². The van der Waals surface area contributed by atoms with Crippen LogP contribution in [-0.2, 0) is 9.47 Å². The minimum atomic E-state index is 0.220. The van der Waals surface area contributed by atoms with Crippen LogP contribution < -0.4 is 18.7 Å². The third-order valence-electron chi connectivity index (χ3n) is 11.0. The van der Waals surface area contributed by atoms with Crippen LogP contribution in [0.1, 0.15) is 45.1 Å². The lowest BCUT2D eigenvalue weighted by atomic mass is 9.77. The third-order valence-corrected chi connectivity index (χ3v) is 11.0. The van der Waals surface area contributed by atoms with Crippen molar-refractivity contribution in [1.82, 2.24) is 19.4 Å². The first-order chi connectivity index (χ1) is 24.2. The van der Waals surface area contributed by atoms with E-state index in [4.69, 9.17) is 23.7 Å². The number of urea groups is 1. The molecule has 4 fully saturated rings. The summed E-state index contributed by atoms with van der Waals surface area (Å²) in [4.78, 5) is 25.8. The molecule has 266 valence electrons. The molecule has 50 heavy (non-hydrogen) atoms. The summed E-state index contributed by atoms with van der Waals surface area (Å²) in [6.45, 7) is 15.0. The number of ether oxygens (including phenoxy) is 5. The highest BCUT2D eigenvalue weighted by Gasteiger charge is 2.69. The number of amides is 2. The molecule has 0 N–H and O–H groups in total. The lowest BCUT2D eigenvalue weighted by molar-refractivity contribution is -0.666. The minimum absolute atomic E-state index is 0.220. The fourth-order valence-electron chi connectivity index (χ4n) is 7.57. The Morgan fingerprint density at radius 1 is 1.04 bits per heavy atom. The third kappa shape index (κ3) is 6.59. The van der Waals surface area contributed by atoms with Crippen LogP contribution in [0.4, 0.5) is 10.5 Å². The second-order valence-corrected chi connectivity index (χ2v) is 14.4. The van der Waals surface area contributed by atoms with Gasteiger partial charge in [0.05, 0.1) is 50.7 Å². The van der Waals surface area contributed by atoms with Crippen LogP contribution in [0.25, 0.3) is 10.9 Å². The highest BCUT2D eigenvalue weighted by atomic mass is 16.5. The van der Waals surface area contributed by atoms with E-state index in [9.17, 15) is 4.79 Å². The Morgan fingerprint density at radius 2 is 1.82 bits per heavy atom. The lowest BCUT2D eigenvalue weighted by Crippen LogP contribution is -2.51. The first-order valence-electron chi connectivity index (χ1n) is 18.0. The molecule has 0 saturated carbocycles. The second-order valence-electron chi connectivity index (χ2n) is 14.4. The molecule has 3 aromatic rings. The van der Waals surface area contributed by atoms with Gasteiger partial charge in [0, 0.05) is 35.7 Å². The number of carbonyl (C=O) groups excluding carboxylic acids is 1. The number of benzene rings is 2. The molecule has 1 spiro atoms. The van der Waals surface area contributed by atoms with E-state index in [0.29, 0.717) is 49.6 Å². The molecule has 2 aromatic carbocycles. The smallest absolute Gasteiger partial charge is 0.501 e. The number of methoxy groups -OCH3 is 2. The lowest BCUT2D eigenvalue weighted by Gasteiger charge is -2.47. The van der Waals surface area contributed by atoms with Crippen LogP contribution in [0, 0.1) is 12.3 Å². The van der Waals surface area contributed by atoms with E-state index in [1.807, 2.05) is 50.3 Å². The number of aryl methyl sites for hydroxylation is 1. The first-order valence-corrected chi connectivity index (χ1v) is 18.0. The Morgan fingerprint density at radius 3 is 2.44 bits per heavy atom. The summed E-state index contributed by atoms with van der Waals surface area (Å²) in [7, 11) is 3.31. The number of hydrogen-bond acceptors (Lipinski definition) is 9. The summed E-state index contributed by atoms with van der Waals surface area (Å²) in [5.41, 5.74) is 4.21. The second kappa shape index (κ2) is 13.9. The van der Waals surface area contributed by atoms with Crippen molar-refractivity contribution in [2.24, 2.45) is 5.41 Å². The molecule has 11 nitrogen and oxygen atoms in total. The number of hydrogen-bond donors (Lipinski definition) is 0. The predicted octanol–water partition coefficient (Wildman–Crippen LogP) is 6.74. The van der Waals surface area contributed by atoms with E-state index in [1.54, 1.807) is 14.2 Å². The van der Waals surface area contributed by atoms with Crippen molar-refractivity contribution in [1.29, 1.82) is 0 Å². The summed E-state index contributed by atoms with van der Waals surface area (Å²) < 4.78 is 29.9. The Labute approximate surface area is 295 Å². The SMILES string of the molecule is CCC=C(C=C(C)OC)[N+]1(C(=O)[N+]2(c3ccc(Oc4ncnc5cc(OCCCN6CCC7(CC6)COC7)c(OC)cc45)cc3C)CC2)CC1. The van der Waals surface area contributed by atoms with Crippen LogP contribution in [0.2, 0.25) is 0 Å². The van der Waals surface area contributed by atoms with E-state index < -0.39 is 0 Å². The minimum Gasteiger partial charge on any atom is -0.501 e. The molecule has 0 atom stereocenters. The molecule has 0 radical (unpaired) electrons. The maximum Gasteiger partial charge on any atom is 0.525 e. The number of aromatic nitrogens is 2. The summed E-state index contributed by atoms with van der Waals surface area (Å²) in [5, 5.41) is 0.730. The van der Waals surface area contributed by atoms with Crippen molar-refractivity contribution in [2.45, 2.75) is 46.5 Å². The zero-order valence-corrected chi connectivity index (χ0v) is 30.2. The van der Waals surface area contributed by atoms with Crippen molar-refractivity contribution in [2.75, 3.05) is 79.9 Å². The Kier molecular flexibility index (Phi) is 9.60. The molecule has 7 rings (SSSR count). The summed E-state index contributed by atoms with van der Waals surface area (Å²) in [6, 6.07) is 9.97. The fourth-order valence-corrected chi connectivity index (χ4v) is 7.57. The van der Waals surface area contributed by atoms with Gasteiger partial charge in [-0.3, -0.25) is 0 Å². The molecule has 4 aliphatic rings. The van der Waals surface area contributed by atoms with Gasteiger partial charge < -0.3 is 28.6 Å². The van der Waals surface area contributed by atoms with Crippen LogP contribution in [0.15, 0.2) is 60.3 Å². The molecule has 0 bridgehead atoms. The summed E-state index contributed by atoms with van der Waals surface area (Å²) >= 11 is 0. The van der Waals surface area contributed by atoms with E-state index in [2.05, 4.69) is 27.9 Å². The molecular formula is C39H51N5O6+2. The van der Waals surface area contributed by atoms with Gasteiger partial charge in [-0.15, -0.1) is 0 Å². The average Bonchev–Trinajstić information content (AvgIpc) is 4.05. The zero-order chi connectivity index (χ0) is 34.9. The van der Waals surface area contributed by atoms with Gasteiger partial charge in [0.25, 0.3) is 0 Å². The molecule has 0 unspecified atom stereocenters. The predicted molar refractivity (Wildman–Crippen MR) is 192 cm³/mol.